The van der Waals surface area contributed by atoms with Crippen molar-refractivity contribution in [2.75, 3.05) is 0 Å². The maximum atomic E-state index is 10.1. The highest BCUT2D eigenvalue weighted by Crippen LogP contribution is 2.16. The summed E-state index contributed by atoms with van der Waals surface area (Å²) >= 11 is 0. The molecule has 0 amide bonds. The standard InChI is InChI=1S/C29H60O2/c1-3-5-7-8-9-10-11-12-13-14-15-16-17-18-19-20-21-22-23-25-29(31)27-26-28(30)24-6-4-2/h28-31H,3-27H2,1-2H3. The van der Waals surface area contributed by atoms with E-state index in [4.69, 9.17) is 0 Å². The predicted octanol–water partition coefficient (Wildman–Crippen LogP) is 9.50. The molecule has 0 aliphatic heterocycles. The first-order valence-corrected chi connectivity index (χ1v) is 14.6. The summed E-state index contributed by atoms with van der Waals surface area (Å²) in [7, 11) is 0. The van der Waals surface area contributed by atoms with Crippen LogP contribution in [0.25, 0.3) is 0 Å². The first kappa shape index (κ1) is 30.9. The summed E-state index contributed by atoms with van der Waals surface area (Å²) in [5, 5.41) is 19.9. The molecule has 2 N–H and O–H groups in total. The number of hydrogen-bond donors (Lipinski definition) is 2. The molecule has 0 spiro atoms. The molecule has 31 heavy (non-hydrogen) atoms. The zero-order valence-corrected chi connectivity index (χ0v) is 21.7. The minimum absolute atomic E-state index is 0.206. The van der Waals surface area contributed by atoms with E-state index in [0.717, 1.165) is 44.9 Å². The van der Waals surface area contributed by atoms with Crippen LogP contribution in [0.4, 0.5) is 0 Å². The van der Waals surface area contributed by atoms with Gasteiger partial charge >= 0.3 is 0 Å². The average Bonchev–Trinajstić information content (AvgIpc) is 2.77. The smallest absolute Gasteiger partial charge is 0.0541 e. The van der Waals surface area contributed by atoms with Crippen molar-refractivity contribution in [3.63, 3.8) is 0 Å². The quantitative estimate of drug-likeness (QED) is 0.131. The maximum absolute atomic E-state index is 10.1. The van der Waals surface area contributed by atoms with Crippen molar-refractivity contribution in [3.8, 4) is 0 Å². The fraction of sp³-hybridized carbons (Fsp3) is 1.00. The fourth-order valence-electron chi connectivity index (χ4n) is 4.57. The van der Waals surface area contributed by atoms with Crippen molar-refractivity contribution < 1.29 is 10.2 Å². The second kappa shape index (κ2) is 26.2. The summed E-state index contributed by atoms with van der Waals surface area (Å²) in [5.41, 5.74) is 0. The molecular formula is C29H60O2. The number of unbranched alkanes of at least 4 members (excludes halogenated alkanes) is 19. The lowest BCUT2D eigenvalue weighted by Crippen LogP contribution is -2.13. The van der Waals surface area contributed by atoms with Crippen LogP contribution in [-0.2, 0) is 0 Å². The van der Waals surface area contributed by atoms with Crippen LogP contribution >= 0.6 is 0 Å². The van der Waals surface area contributed by atoms with Gasteiger partial charge in [0, 0.05) is 0 Å². The lowest BCUT2D eigenvalue weighted by molar-refractivity contribution is 0.101. The van der Waals surface area contributed by atoms with E-state index >= 15 is 0 Å². The molecule has 2 atom stereocenters. The second-order valence-electron chi connectivity index (χ2n) is 10.2. The molecule has 0 aromatic carbocycles. The van der Waals surface area contributed by atoms with Crippen LogP contribution in [0.1, 0.15) is 174 Å². The van der Waals surface area contributed by atoms with Gasteiger partial charge in [0.05, 0.1) is 12.2 Å². The van der Waals surface area contributed by atoms with E-state index in [9.17, 15) is 10.2 Å². The van der Waals surface area contributed by atoms with Crippen molar-refractivity contribution in [2.45, 2.75) is 187 Å². The number of hydrogen-bond acceptors (Lipinski definition) is 2. The molecule has 0 saturated carbocycles. The first-order valence-electron chi connectivity index (χ1n) is 14.6. The van der Waals surface area contributed by atoms with E-state index in [-0.39, 0.29) is 12.2 Å². The Balaban J connectivity index is 3.15. The molecule has 0 fully saturated rings. The minimum Gasteiger partial charge on any atom is -0.393 e. The molecule has 188 valence electrons. The van der Waals surface area contributed by atoms with E-state index in [0.29, 0.717) is 0 Å². The Bertz CT molecular complexity index is 318. The fourth-order valence-corrected chi connectivity index (χ4v) is 4.57. The van der Waals surface area contributed by atoms with E-state index in [1.807, 2.05) is 0 Å². The van der Waals surface area contributed by atoms with Gasteiger partial charge in [-0.3, -0.25) is 0 Å². The Morgan fingerprint density at radius 3 is 0.903 bits per heavy atom. The van der Waals surface area contributed by atoms with Crippen LogP contribution in [-0.4, -0.2) is 22.4 Å². The highest BCUT2D eigenvalue weighted by atomic mass is 16.3. The van der Waals surface area contributed by atoms with Gasteiger partial charge in [-0.1, -0.05) is 149 Å². The lowest BCUT2D eigenvalue weighted by atomic mass is 10.0. The zero-order valence-electron chi connectivity index (χ0n) is 21.7. The maximum Gasteiger partial charge on any atom is 0.0541 e. The monoisotopic (exact) mass is 440 g/mol. The van der Waals surface area contributed by atoms with Crippen molar-refractivity contribution in [2.24, 2.45) is 0 Å². The van der Waals surface area contributed by atoms with Gasteiger partial charge in [-0.15, -0.1) is 0 Å². The molecule has 0 radical (unpaired) electrons. The third-order valence-electron chi connectivity index (χ3n) is 6.86. The van der Waals surface area contributed by atoms with E-state index in [2.05, 4.69) is 13.8 Å². The summed E-state index contributed by atoms with van der Waals surface area (Å²) < 4.78 is 0. The van der Waals surface area contributed by atoms with Crippen LogP contribution in [0.5, 0.6) is 0 Å². The van der Waals surface area contributed by atoms with Gasteiger partial charge in [0.2, 0.25) is 0 Å². The summed E-state index contributed by atoms with van der Waals surface area (Å²) in [4.78, 5) is 0. The van der Waals surface area contributed by atoms with Crippen molar-refractivity contribution >= 4 is 0 Å². The molecule has 0 saturated heterocycles. The number of aliphatic hydroxyl groups is 2. The van der Waals surface area contributed by atoms with E-state index < -0.39 is 0 Å². The highest BCUT2D eigenvalue weighted by molar-refractivity contribution is 4.62. The molecular weight excluding hydrogens is 380 g/mol. The van der Waals surface area contributed by atoms with Gasteiger partial charge in [0.15, 0.2) is 0 Å². The van der Waals surface area contributed by atoms with Crippen LogP contribution < -0.4 is 0 Å². The van der Waals surface area contributed by atoms with Gasteiger partial charge in [0.25, 0.3) is 0 Å². The molecule has 0 aliphatic carbocycles. The Morgan fingerprint density at radius 2 is 0.581 bits per heavy atom. The Kier molecular flexibility index (Phi) is 26.1. The Morgan fingerprint density at radius 1 is 0.323 bits per heavy atom. The summed E-state index contributed by atoms with van der Waals surface area (Å²) in [6.45, 7) is 4.45. The summed E-state index contributed by atoms with van der Waals surface area (Å²) in [6, 6.07) is 0. The minimum atomic E-state index is -0.209. The zero-order chi connectivity index (χ0) is 22.8. The molecule has 2 nitrogen and oxygen atoms in total. The highest BCUT2D eigenvalue weighted by Gasteiger charge is 2.08. The third kappa shape index (κ3) is 26.1. The van der Waals surface area contributed by atoms with Gasteiger partial charge in [-0.25, -0.2) is 0 Å². The molecule has 0 aliphatic rings. The average molecular weight is 441 g/mol. The second-order valence-corrected chi connectivity index (χ2v) is 10.2. The molecule has 0 aromatic rings. The van der Waals surface area contributed by atoms with Gasteiger partial charge < -0.3 is 10.2 Å². The first-order chi connectivity index (χ1) is 15.2. The van der Waals surface area contributed by atoms with E-state index in [1.165, 1.54) is 116 Å². The molecule has 0 rings (SSSR count). The molecule has 0 aromatic heterocycles. The molecule has 0 heterocycles. The SMILES string of the molecule is CCCCCCCCCCCCCCCCCCCCCC(O)CCC(O)CCCC. The molecule has 2 heteroatoms. The van der Waals surface area contributed by atoms with Gasteiger partial charge in [0.1, 0.15) is 0 Å². The Labute approximate surface area is 197 Å². The van der Waals surface area contributed by atoms with Crippen molar-refractivity contribution in [1.82, 2.24) is 0 Å². The van der Waals surface area contributed by atoms with Crippen LogP contribution in [0, 0.1) is 0 Å². The third-order valence-corrected chi connectivity index (χ3v) is 6.86. The summed E-state index contributed by atoms with van der Waals surface area (Å²) in [5.74, 6) is 0. The topological polar surface area (TPSA) is 40.5 Å². The predicted molar refractivity (Wildman–Crippen MR) is 139 cm³/mol. The number of rotatable bonds is 26. The van der Waals surface area contributed by atoms with Crippen LogP contribution in [0.2, 0.25) is 0 Å². The number of aliphatic hydroxyl groups excluding tert-OH is 2. The van der Waals surface area contributed by atoms with Gasteiger partial charge in [-0.05, 0) is 25.7 Å². The molecule has 2 unspecified atom stereocenters. The summed E-state index contributed by atoms with van der Waals surface area (Å²) in [6.07, 6.45) is 31.8. The van der Waals surface area contributed by atoms with Crippen LogP contribution in [0.3, 0.4) is 0 Å². The van der Waals surface area contributed by atoms with Crippen molar-refractivity contribution in [1.29, 1.82) is 0 Å². The normalized spacial score (nSPS) is 13.5. The Hall–Kier alpha value is -0.0800. The van der Waals surface area contributed by atoms with Crippen molar-refractivity contribution in [3.05, 3.63) is 0 Å². The van der Waals surface area contributed by atoms with Crippen LogP contribution in [0.15, 0.2) is 0 Å². The largest absolute Gasteiger partial charge is 0.393 e. The molecule has 0 bridgehead atoms. The van der Waals surface area contributed by atoms with E-state index in [1.54, 1.807) is 0 Å². The van der Waals surface area contributed by atoms with Gasteiger partial charge in [-0.2, -0.15) is 0 Å². The lowest BCUT2D eigenvalue weighted by Gasteiger charge is -2.14.